The summed E-state index contributed by atoms with van der Waals surface area (Å²) < 4.78 is 7.25. The summed E-state index contributed by atoms with van der Waals surface area (Å²) in [5.41, 5.74) is 2.93. The van der Waals surface area contributed by atoms with Gasteiger partial charge in [-0.1, -0.05) is 23.9 Å². The zero-order chi connectivity index (χ0) is 22.3. The highest BCUT2D eigenvalue weighted by Gasteiger charge is 2.11. The number of carbonyl (C=O) groups is 2. The van der Waals surface area contributed by atoms with Gasteiger partial charge in [0.15, 0.2) is 4.34 Å². The van der Waals surface area contributed by atoms with Gasteiger partial charge in [0.1, 0.15) is 0 Å². The van der Waals surface area contributed by atoms with Crippen LogP contribution in [0.15, 0.2) is 46.8 Å². The number of aromatic carboxylic acids is 1. The number of nitrogens with zero attached hydrogens (tertiary/aromatic N) is 2. The number of carbonyl (C=O) groups excluding carboxylic acids is 1. The first-order chi connectivity index (χ1) is 15.6. The molecule has 0 bridgehead atoms. The van der Waals surface area contributed by atoms with Crippen LogP contribution in [0.25, 0.3) is 10.2 Å². The number of urea groups is 1. The van der Waals surface area contributed by atoms with E-state index in [1.165, 1.54) is 0 Å². The number of amides is 2. The number of thiazole rings is 1. The van der Waals surface area contributed by atoms with Crippen molar-refractivity contribution in [3.63, 3.8) is 0 Å². The van der Waals surface area contributed by atoms with Crippen LogP contribution in [0.3, 0.4) is 0 Å². The van der Waals surface area contributed by atoms with E-state index in [1.54, 1.807) is 35.2 Å². The lowest BCUT2D eigenvalue weighted by Gasteiger charge is -2.26. The Labute approximate surface area is 194 Å². The number of ether oxygens (including phenoxy) is 1. The number of rotatable bonds is 8. The number of thioether (sulfide) groups is 1. The molecule has 4 rings (SSSR count). The predicted molar refractivity (Wildman–Crippen MR) is 127 cm³/mol. The lowest BCUT2D eigenvalue weighted by atomic mass is 10.1. The number of nitrogens with one attached hydrogen (secondary N) is 2. The normalized spacial score (nSPS) is 14.4. The first kappa shape index (κ1) is 22.5. The molecule has 0 spiro atoms. The monoisotopic (exact) mass is 472 g/mol. The van der Waals surface area contributed by atoms with Gasteiger partial charge in [-0.25, -0.2) is 14.6 Å². The fourth-order valence-electron chi connectivity index (χ4n) is 3.26. The highest BCUT2D eigenvalue weighted by Crippen LogP contribution is 2.33. The van der Waals surface area contributed by atoms with Crippen molar-refractivity contribution in [3.05, 3.63) is 53.6 Å². The molecule has 1 aromatic heterocycles. The van der Waals surface area contributed by atoms with Crippen LogP contribution in [-0.4, -0.2) is 66.4 Å². The highest BCUT2D eigenvalue weighted by atomic mass is 32.2. The van der Waals surface area contributed by atoms with Crippen molar-refractivity contribution in [1.82, 2.24) is 15.2 Å². The molecule has 0 radical (unpaired) electrons. The number of benzene rings is 2. The molecule has 8 nitrogen and oxygen atoms in total. The zero-order valence-corrected chi connectivity index (χ0v) is 19.0. The Bertz CT molecular complexity index is 1080. The van der Waals surface area contributed by atoms with E-state index in [0.29, 0.717) is 12.3 Å². The number of anilines is 1. The van der Waals surface area contributed by atoms with Crippen LogP contribution < -0.4 is 10.6 Å². The van der Waals surface area contributed by atoms with E-state index in [0.717, 1.165) is 58.7 Å². The first-order valence-corrected chi connectivity index (χ1v) is 12.1. The molecule has 32 heavy (non-hydrogen) atoms. The lowest BCUT2D eigenvalue weighted by Crippen LogP contribution is -2.42. The Hall–Kier alpha value is -2.66. The van der Waals surface area contributed by atoms with Gasteiger partial charge in [-0.05, 0) is 35.9 Å². The number of carboxylic acid groups (broad SMARTS) is 1. The molecule has 10 heteroatoms. The second kappa shape index (κ2) is 10.8. The van der Waals surface area contributed by atoms with Crippen molar-refractivity contribution in [3.8, 4) is 0 Å². The number of aromatic nitrogens is 1. The van der Waals surface area contributed by atoms with E-state index in [-0.39, 0.29) is 11.6 Å². The Kier molecular flexibility index (Phi) is 7.59. The van der Waals surface area contributed by atoms with Gasteiger partial charge >= 0.3 is 12.0 Å². The summed E-state index contributed by atoms with van der Waals surface area (Å²) in [6.45, 7) is 4.70. The number of carboxylic acids is 1. The first-order valence-electron chi connectivity index (χ1n) is 10.3. The second-order valence-corrected chi connectivity index (χ2v) is 9.54. The van der Waals surface area contributed by atoms with Gasteiger partial charge in [0.25, 0.3) is 0 Å². The standard InChI is InChI=1S/C22H24N4O4S2/c27-20(28)16-3-1-15(2-4-16)14-31-22-25-18-6-5-17(13-19(18)32-22)24-21(29)23-7-8-26-9-11-30-12-10-26/h1-6,13H,7-12,14H2,(H,27,28)(H2,23,24,29). The van der Waals surface area contributed by atoms with E-state index < -0.39 is 5.97 Å². The summed E-state index contributed by atoms with van der Waals surface area (Å²) in [6, 6.07) is 12.3. The third-order valence-corrected chi connectivity index (χ3v) is 7.24. The summed E-state index contributed by atoms with van der Waals surface area (Å²) in [5, 5.41) is 14.8. The van der Waals surface area contributed by atoms with Gasteiger partial charge in [0, 0.05) is 37.6 Å². The minimum Gasteiger partial charge on any atom is -0.478 e. The van der Waals surface area contributed by atoms with Gasteiger partial charge in [-0.3, -0.25) is 4.90 Å². The maximum atomic E-state index is 12.2. The Morgan fingerprint density at radius 1 is 1.16 bits per heavy atom. The van der Waals surface area contributed by atoms with Gasteiger partial charge < -0.3 is 20.5 Å². The van der Waals surface area contributed by atoms with E-state index in [1.807, 2.05) is 30.3 Å². The number of fused-ring (bicyclic) bond motifs is 1. The molecule has 1 aliphatic heterocycles. The number of hydrogen-bond acceptors (Lipinski definition) is 7. The molecular formula is C22H24N4O4S2. The summed E-state index contributed by atoms with van der Waals surface area (Å²) >= 11 is 3.17. The summed E-state index contributed by atoms with van der Waals surface area (Å²) in [6.07, 6.45) is 0. The topological polar surface area (TPSA) is 104 Å². The quantitative estimate of drug-likeness (QED) is 0.429. The second-order valence-electron chi connectivity index (χ2n) is 7.29. The molecule has 2 aromatic carbocycles. The zero-order valence-electron chi connectivity index (χ0n) is 17.4. The van der Waals surface area contributed by atoms with Crippen LogP contribution in [-0.2, 0) is 10.5 Å². The van der Waals surface area contributed by atoms with Crippen LogP contribution in [0.4, 0.5) is 10.5 Å². The molecule has 3 aromatic rings. The van der Waals surface area contributed by atoms with Crippen molar-refractivity contribution in [2.45, 2.75) is 10.1 Å². The summed E-state index contributed by atoms with van der Waals surface area (Å²) in [4.78, 5) is 30.1. The van der Waals surface area contributed by atoms with Crippen LogP contribution in [0.2, 0.25) is 0 Å². The van der Waals surface area contributed by atoms with Crippen LogP contribution >= 0.6 is 23.1 Å². The number of hydrogen-bond donors (Lipinski definition) is 3. The highest BCUT2D eigenvalue weighted by molar-refractivity contribution is 8.00. The molecule has 1 fully saturated rings. The molecule has 2 amide bonds. The van der Waals surface area contributed by atoms with Gasteiger partial charge in [0.2, 0.25) is 0 Å². The third kappa shape index (κ3) is 6.19. The maximum Gasteiger partial charge on any atom is 0.335 e. The van der Waals surface area contributed by atoms with Gasteiger partial charge in [-0.15, -0.1) is 11.3 Å². The molecule has 1 saturated heterocycles. The molecule has 0 saturated carbocycles. The molecule has 0 unspecified atom stereocenters. The Balaban J connectivity index is 1.28. The van der Waals surface area contributed by atoms with Crippen molar-refractivity contribution in [2.24, 2.45) is 0 Å². The van der Waals surface area contributed by atoms with Crippen LogP contribution in [0.1, 0.15) is 15.9 Å². The number of morpholine rings is 1. The molecule has 168 valence electrons. The van der Waals surface area contributed by atoms with Gasteiger partial charge in [-0.2, -0.15) is 0 Å². The minimum absolute atomic E-state index is 0.221. The lowest BCUT2D eigenvalue weighted by molar-refractivity contribution is 0.0388. The molecule has 0 aliphatic carbocycles. The maximum absolute atomic E-state index is 12.2. The molecular weight excluding hydrogens is 448 g/mol. The van der Waals surface area contributed by atoms with Crippen molar-refractivity contribution in [2.75, 3.05) is 44.7 Å². The van der Waals surface area contributed by atoms with Crippen molar-refractivity contribution < 1.29 is 19.4 Å². The van der Waals surface area contributed by atoms with Crippen molar-refractivity contribution >= 4 is 51.0 Å². The summed E-state index contributed by atoms with van der Waals surface area (Å²) in [5.74, 6) is -0.221. The van der Waals surface area contributed by atoms with Crippen LogP contribution in [0.5, 0.6) is 0 Å². The molecule has 2 heterocycles. The molecule has 3 N–H and O–H groups in total. The third-order valence-electron chi connectivity index (χ3n) is 5.01. The van der Waals surface area contributed by atoms with Gasteiger partial charge in [0.05, 0.1) is 29.0 Å². The van der Waals surface area contributed by atoms with E-state index in [2.05, 4.69) is 20.5 Å². The predicted octanol–water partition coefficient (Wildman–Crippen LogP) is 3.74. The smallest absolute Gasteiger partial charge is 0.335 e. The average Bonchev–Trinajstić information content (AvgIpc) is 3.21. The Morgan fingerprint density at radius 2 is 1.94 bits per heavy atom. The SMILES string of the molecule is O=C(NCCN1CCOCC1)Nc1ccc2nc(SCc3ccc(C(=O)O)cc3)sc2c1. The minimum atomic E-state index is -0.925. The fourth-order valence-corrected chi connectivity index (χ4v) is 5.32. The fraction of sp³-hybridized carbons (Fsp3) is 0.318. The van der Waals surface area contributed by atoms with E-state index >= 15 is 0 Å². The van der Waals surface area contributed by atoms with E-state index in [9.17, 15) is 9.59 Å². The molecule has 0 atom stereocenters. The largest absolute Gasteiger partial charge is 0.478 e. The van der Waals surface area contributed by atoms with Crippen molar-refractivity contribution in [1.29, 1.82) is 0 Å². The van der Waals surface area contributed by atoms with Crippen LogP contribution in [0, 0.1) is 0 Å². The Morgan fingerprint density at radius 3 is 2.69 bits per heavy atom. The van der Waals surface area contributed by atoms with E-state index in [4.69, 9.17) is 9.84 Å². The molecule has 1 aliphatic rings. The average molecular weight is 473 g/mol. The summed E-state index contributed by atoms with van der Waals surface area (Å²) in [7, 11) is 0.